The molecule has 126 valence electrons. The summed E-state index contributed by atoms with van der Waals surface area (Å²) in [7, 11) is 0. The summed E-state index contributed by atoms with van der Waals surface area (Å²) < 4.78 is 0. The minimum absolute atomic E-state index is 0.511. The predicted molar refractivity (Wildman–Crippen MR) is 100 cm³/mol. The van der Waals surface area contributed by atoms with Gasteiger partial charge in [0.05, 0.1) is 18.5 Å². The highest BCUT2D eigenvalue weighted by atomic mass is 32.1. The van der Waals surface area contributed by atoms with Gasteiger partial charge in [0.1, 0.15) is 16.5 Å². The maximum absolute atomic E-state index is 5.45. The van der Waals surface area contributed by atoms with Crippen LogP contribution in [0.15, 0.2) is 0 Å². The van der Waals surface area contributed by atoms with Crippen LogP contribution in [0, 0.1) is 18.3 Å². The molecule has 0 unspecified atom stereocenters. The molecule has 4 rings (SSSR count). The Labute approximate surface area is 147 Å². The maximum atomic E-state index is 5.45. The van der Waals surface area contributed by atoms with Crippen LogP contribution in [0.25, 0.3) is 10.2 Å². The average molecular weight is 340 g/mol. The first kappa shape index (κ1) is 15.9. The summed E-state index contributed by atoms with van der Waals surface area (Å²) in [6.45, 7) is 6.00. The van der Waals surface area contributed by atoms with E-state index < -0.39 is 0 Å². The van der Waals surface area contributed by atoms with Gasteiger partial charge in [-0.05, 0) is 56.7 Å². The van der Waals surface area contributed by atoms with Crippen LogP contribution in [0.1, 0.15) is 42.5 Å². The second kappa shape index (κ2) is 6.70. The Morgan fingerprint density at radius 3 is 2.92 bits per heavy atom. The van der Waals surface area contributed by atoms with E-state index in [1.807, 2.05) is 11.3 Å². The lowest BCUT2D eigenvalue weighted by Crippen LogP contribution is -2.33. The quantitative estimate of drug-likeness (QED) is 0.866. The molecule has 24 heavy (non-hydrogen) atoms. The second-order valence-electron chi connectivity index (χ2n) is 7.04. The summed E-state index contributed by atoms with van der Waals surface area (Å²) in [5.74, 6) is 5.38. The molecule has 2 aliphatic rings. The lowest BCUT2D eigenvalue weighted by atomic mass is 9.99. The molecule has 3 heterocycles. The molecular weight excluding hydrogens is 316 g/mol. The van der Waals surface area contributed by atoms with Gasteiger partial charge in [-0.15, -0.1) is 17.8 Å². The van der Waals surface area contributed by atoms with Crippen molar-refractivity contribution in [3.05, 3.63) is 16.3 Å². The molecule has 4 nitrogen and oxygen atoms in total. The molecule has 5 heteroatoms. The van der Waals surface area contributed by atoms with Crippen molar-refractivity contribution in [1.82, 2.24) is 14.9 Å². The summed E-state index contributed by atoms with van der Waals surface area (Å²) in [4.78, 5) is 14.8. The van der Waals surface area contributed by atoms with Gasteiger partial charge in [0.2, 0.25) is 0 Å². The fourth-order valence-corrected chi connectivity index (χ4v) is 5.07. The van der Waals surface area contributed by atoms with Gasteiger partial charge < -0.3 is 5.32 Å². The van der Waals surface area contributed by atoms with Crippen LogP contribution >= 0.6 is 11.3 Å². The number of aromatic nitrogens is 2. The molecule has 1 saturated heterocycles. The molecule has 1 fully saturated rings. The maximum Gasteiger partial charge on any atom is 0.146 e. The Bertz CT molecular complexity index is 781. The van der Waals surface area contributed by atoms with Crippen LogP contribution in [-0.2, 0) is 19.4 Å². The Hall–Kier alpha value is -1.64. The molecule has 0 bridgehead atoms. The Morgan fingerprint density at radius 2 is 2.12 bits per heavy atom. The van der Waals surface area contributed by atoms with Crippen LogP contribution in [0.2, 0.25) is 0 Å². The third-order valence-corrected chi connectivity index (χ3v) is 6.40. The normalized spacial score (nSPS) is 18.7. The highest BCUT2D eigenvalue weighted by Gasteiger charge is 2.23. The number of nitrogens with zero attached hydrogens (tertiary/aromatic N) is 3. The van der Waals surface area contributed by atoms with Crippen molar-refractivity contribution in [2.45, 2.75) is 45.6 Å². The van der Waals surface area contributed by atoms with Gasteiger partial charge in [-0.2, -0.15) is 0 Å². The van der Waals surface area contributed by atoms with Crippen LogP contribution in [0.4, 0.5) is 5.82 Å². The number of anilines is 1. The highest BCUT2D eigenvalue weighted by molar-refractivity contribution is 7.19. The first-order valence-electron chi connectivity index (χ1n) is 8.95. The zero-order valence-electron chi connectivity index (χ0n) is 14.3. The number of thiophene rings is 1. The first-order valence-corrected chi connectivity index (χ1v) is 9.77. The largest absolute Gasteiger partial charge is 0.358 e. The lowest BCUT2D eigenvalue weighted by molar-refractivity contribution is 0.181. The van der Waals surface area contributed by atoms with E-state index in [-0.39, 0.29) is 0 Å². The summed E-state index contributed by atoms with van der Waals surface area (Å²) in [6, 6.07) is 0. The molecule has 0 radical (unpaired) electrons. The van der Waals surface area contributed by atoms with Crippen molar-refractivity contribution in [2.24, 2.45) is 5.92 Å². The number of nitrogens with one attached hydrogen (secondary N) is 1. The molecule has 1 N–H and O–H groups in total. The number of likely N-dealkylation sites (tertiary alicyclic amines) is 1. The van der Waals surface area contributed by atoms with Crippen molar-refractivity contribution < 1.29 is 0 Å². The van der Waals surface area contributed by atoms with Crippen LogP contribution in [0.3, 0.4) is 0 Å². The van der Waals surface area contributed by atoms with Crippen molar-refractivity contribution >= 4 is 27.4 Å². The Kier molecular flexibility index (Phi) is 4.43. The van der Waals surface area contributed by atoms with E-state index in [1.54, 1.807) is 0 Å². The fraction of sp³-hybridized carbons (Fsp3) is 0.579. The SMILES string of the molecule is C#CCNc1nc(CN2CCC(C)CC2)nc2sc3c(c12)CCC3. The fourth-order valence-electron chi connectivity index (χ4n) is 3.79. The first-order chi connectivity index (χ1) is 11.7. The zero-order chi connectivity index (χ0) is 16.5. The monoisotopic (exact) mass is 340 g/mol. The van der Waals surface area contributed by atoms with E-state index in [4.69, 9.17) is 16.4 Å². The van der Waals surface area contributed by atoms with Gasteiger partial charge in [0, 0.05) is 4.88 Å². The number of rotatable bonds is 4. The van der Waals surface area contributed by atoms with Gasteiger partial charge in [-0.25, -0.2) is 9.97 Å². The number of aryl methyl sites for hydroxylation is 2. The van der Waals surface area contributed by atoms with Gasteiger partial charge >= 0.3 is 0 Å². The number of fused-ring (bicyclic) bond motifs is 3. The average Bonchev–Trinajstić information content (AvgIpc) is 3.15. The Balaban J connectivity index is 1.65. The minimum Gasteiger partial charge on any atom is -0.358 e. The lowest BCUT2D eigenvalue weighted by Gasteiger charge is -2.29. The van der Waals surface area contributed by atoms with Gasteiger partial charge in [-0.3, -0.25) is 4.90 Å². The smallest absolute Gasteiger partial charge is 0.146 e. The van der Waals surface area contributed by atoms with E-state index in [0.717, 1.165) is 48.4 Å². The summed E-state index contributed by atoms with van der Waals surface area (Å²) in [6.07, 6.45) is 11.6. The van der Waals surface area contributed by atoms with Crippen molar-refractivity contribution in [2.75, 3.05) is 25.0 Å². The standard InChI is InChI=1S/C19H24N4S/c1-3-9-20-18-17-14-5-4-6-15(14)24-19(17)22-16(21-18)12-23-10-7-13(2)8-11-23/h1,13H,4-12H2,2H3,(H,20,21,22). The topological polar surface area (TPSA) is 41.1 Å². The van der Waals surface area contributed by atoms with E-state index in [9.17, 15) is 0 Å². The van der Waals surface area contributed by atoms with Crippen molar-refractivity contribution in [1.29, 1.82) is 0 Å². The van der Waals surface area contributed by atoms with Crippen LogP contribution < -0.4 is 5.32 Å². The van der Waals surface area contributed by atoms with Crippen LogP contribution in [-0.4, -0.2) is 34.5 Å². The van der Waals surface area contributed by atoms with Crippen molar-refractivity contribution in [3.63, 3.8) is 0 Å². The van der Waals surface area contributed by atoms with E-state index >= 15 is 0 Å². The Morgan fingerprint density at radius 1 is 1.29 bits per heavy atom. The molecule has 1 aliphatic heterocycles. The highest BCUT2D eigenvalue weighted by Crippen LogP contribution is 2.39. The third-order valence-electron chi connectivity index (χ3n) is 5.21. The van der Waals surface area contributed by atoms with E-state index in [2.05, 4.69) is 23.1 Å². The van der Waals surface area contributed by atoms with Crippen LogP contribution in [0.5, 0.6) is 0 Å². The molecule has 0 aromatic carbocycles. The molecule has 0 saturated carbocycles. The van der Waals surface area contributed by atoms with Gasteiger partial charge in [-0.1, -0.05) is 12.8 Å². The van der Waals surface area contributed by atoms with E-state index in [0.29, 0.717) is 6.54 Å². The predicted octanol–water partition coefficient (Wildman–Crippen LogP) is 3.46. The molecule has 1 aliphatic carbocycles. The molecule has 2 aromatic rings. The molecule has 2 aromatic heterocycles. The molecular formula is C19H24N4S. The molecule has 0 atom stereocenters. The summed E-state index contributed by atoms with van der Waals surface area (Å²) >= 11 is 1.85. The van der Waals surface area contributed by atoms with Gasteiger partial charge in [0.25, 0.3) is 0 Å². The summed E-state index contributed by atoms with van der Waals surface area (Å²) in [5, 5.41) is 4.56. The molecule has 0 amide bonds. The number of terminal acetylenes is 1. The minimum atomic E-state index is 0.511. The van der Waals surface area contributed by atoms with E-state index in [1.165, 1.54) is 41.5 Å². The number of hydrogen-bond donors (Lipinski definition) is 1. The summed E-state index contributed by atoms with van der Waals surface area (Å²) in [5.41, 5.74) is 1.45. The third kappa shape index (κ3) is 3.01. The number of hydrogen-bond acceptors (Lipinski definition) is 5. The van der Waals surface area contributed by atoms with Gasteiger partial charge in [0.15, 0.2) is 0 Å². The zero-order valence-corrected chi connectivity index (χ0v) is 15.1. The van der Waals surface area contributed by atoms with Crippen molar-refractivity contribution in [3.8, 4) is 12.3 Å². The molecule has 0 spiro atoms. The number of piperidine rings is 1. The second-order valence-corrected chi connectivity index (χ2v) is 8.13.